The van der Waals surface area contributed by atoms with Gasteiger partial charge in [0.25, 0.3) is 0 Å². The van der Waals surface area contributed by atoms with Crippen molar-refractivity contribution in [3.63, 3.8) is 0 Å². The van der Waals surface area contributed by atoms with Crippen LogP contribution in [0.15, 0.2) is 28.7 Å². The van der Waals surface area contributed by atoms with Crippen molar-refractivity contribution < 1.29 is 9.21 Å². The van der Waals surface area contributed by atoms with E-state index in [1.54, 1.807) is 0 Å². The van der Waals surface area contributed by atoms with Gasteiger partial charge < -0.3 is 14.6 Å². The SMILES string of the molecule is CCc1ccccc1-c1nc(CN2CCC(C(=O)NCCCN3C[C@H](C)C[C@H](C)C3)CC2)c(C)o1. The van der Waals surface area contributed by atoms with E-state index in [-0.39, 0.29) is 11.8 Å². The molecule has 1 amide bonds. The van der Waals surface area contributed by atoms with Gasteiger partial charge in [-0.15, -0.1) is 0 Å². The van der Waals surface area contributed by atoms with Gasteiger partial charge in [0, 0.05) is 37.7 Å². The van der Waals surface area contributed by atoms with E-state index < -0.39 is 0 Å². The molecule has 2 aliphatic rings. The summed E-state index contributed by atoms with van der Waals surface area (Å²) >= 11 is 0. The number of aryl methyl sites for hydroxylation is 2. The molecule has 2 aromatic rings. The number of aromatic nitrogens is 1. The number of nitrogens with one attached hydrogen (secondary N) is 1. The second-order valence-corrected chi connectivity index (χ2v) is 10.9. The van der Waals surface area contributed by atoms with Crippen LogP contribution in [0.1, 0.15) is 63.5 Å². The number of carbonyl (C=O) groups is 1. The number of benzene rings is 1. The highest BCUT2D eigenvalue weighted by Crippen LogP contribution is 2.27. The molecule has 1 aromatic carbocycles. The number of piperidine rings is 2. The zero-order chi connectivity index (χ0) is 24.8. The molecule has 2 atom stereocenters. The number of amides is 1. The molecular weight excluding hydrogens is 436 g/mol. The summed E-state index contributed by atoms with van der Waals surface area (Å²) in [7, 11) is 0. The average Bonchev–Trinajstić information content (AvgIpc) is 3.21. The van der Waals surface area contributed by atoms with Crippen molar-refractivity contribution in [1.29, 1.82) is 0 Å². The van der Waals surface area contributed by atoms with Crippen LogP contribution in [0.2, 0.25) is 0 Å². The summed E-state index contributed by atoms with van der Waals surface area (Å²) in [5.41, 5.74) is 3.35. The first-order valence-electron chi connectivity index (χ1n) is 13.7. The normalized spacial score (nSPS) is 22.4. The summed E-state index contributed by atoms with van der Waals surface area (Å²) in [6.07, 6.45) is 5.17. The third-order valence-electron chi connectivity index (χ3n) is 7.75. The second kappa shape index (κ2) is 12.2. The van der Waals surface area contributed by atoms with Gasteiger partial charge >= 0.3 is 0 Å². The third kappa shape index (κ3) is 6.95. The molecule has 0 unspecified atom stereocenters. The monoisotopic (exact) mass is 480 g/mol. The minimum atomic E-state index is 0.131. The van der Waals surface area contributed by atoms with Gasteiger partial charge in [0.15, 0.2) is 0 Å². The second-order valence-electron chi connectivity index (χ2n) is 10.9. The number of likely N-dealkylation sites (tertiary alicyclic amines) is 2. The lowest BCUT2D eigenvalue weighted by Gasteiger charge is -2.35. The van der Waals surface area contributed by atoms with Crippen molar-refractivity contribution in [2.24, 2.45) is 17.8 Å². The number of rotatable bonds is 9. The van der Waals surface area contributed by atoms with Crippen LogP contribution in [-0.2, 0) is 17.8 Å². The van der Waals surface area contributed by atoms with E-state index in [1.807, 2.05) is 13.0 Å². The van der Waals surface area contributed by atoms with Crippen LogP contribution >= 0.6 is 0 Å². The highest BCUT2D eigenvalue weighted by molar-refractivity contribution is 5.78. The maximum Gasteiger partial charge on any atom is 0.226 e. The third-order valence-corrected chi connectivity index (χ3v) is 7.75. The number of hydrogen-bond acceptors (Lipinski definition) is 5. The van der Waals surface area contributed by atoms with Crippen molar-refractivity contribution in [1.82, 2.24) is 20.1 Å². The van der Waals surface area contributed by atoms with Crippen molar-refractivity contribution >= 4 is 5.91 Å². The Labute approximate surface area is 211 Å². The maximum atomic E-state index is 12.7. The minimum Gasteiger partial charge on any atom is -0.441 e. The van der Waals surface area contributed by atoms with Crippen molar-refractivity contribution in [2.75, 3.05) is 39.3 Å². The van der Waals surface area contributed by atoms with Gasteiger partial charge in [-0.25, -0.2) is 4.98 Å². The first-order chi connectivity index (χ1) is 16.9. The number of oxazole rings is 1. The van der Waals surface area contributed by atoms with Crippen molar-refractivity contribution in [3.8, 4) is 11.5 Å². The van der Waals surface area contributed by atoms with E-state index >= 15 is 0 Å². The van der Waals surface area contributed by atoms with Gasteiger partial charge in [-0.2, -0.15) is 0 Å². The van der Waals surface area contributed by atoms with Crippen LogP contribution in [0.25, 0.3) is 11.5 Å². The van der Waals surface area contributed by atoms with E-state index in [1.165, 1.54) is 25.1 Å². The molecule has 6 nitrogen and oxygen atoms in total. The molecule has 0 aliphatic carbocycles. The molecule has 6 heteroatoms. The molecule has 0 bridgehead atoms. The van der Waals surface area contributed by atoms with Crippen LogP contribution in [-0.4, -0.2) is 60.0 Å². The Hall–Kier alpha value is -2.18. The first kappa shape index (κ1) is 25.9. The molecule has 2 saturated heterocycles. The molecule has 0 spiro atoms. The van der Waals surface area contributed by atoms with Crippen molar-refractivity contribution in [2.45, 2.75) is 66.3 Å². The molecule has 35 heavy (non-hydrogen) atoms. The molecule has 1 N–H and O–H groups in total. The van der Waals surface area contributed by atoms with Crippen LogP contribution in [0.5, 0.6) is 0 Å². The van der Waals surface area contributed by atoms with Crippen LogP contribution in [0.3, 0.4) is 0 Å². The lowest BCUT2D eigenvalue weighted by Crippen LogP contribution is -2.42. The standard InChI is InChI=1S/C29H44N4O2/c1-5-24-9-6-7-10-26(24)29-31-27(23(4)35-29)20-32-15-11-25(12-16-32)28(34)30-13-8-14-33-18-21(2)17-22(3)19-33/h6-7,9-10,21-22,25H,5,8,11-20H2,1-4H3,(H,30,34)/t21-,22+. The zero-order valence-corrected chi connectivity index (χ0v) is 22.2. The Morgan fingerprint density at radius 1 is 1.11 bits per heavy atom. The van der Waals surface area contributed by atoms with E-state index in [9.17, 15) is 4.79 Å². The lowest BCUT2D eigenvalue weighted by molar-refractivity contribution is -0.126. The predicted octanol–water partition coefficient (Wildman–Crippen LogP) is 4.91. The van der Waals surface area contributed by atoms with E-state index in [0.717, 1.165) is 93.2 Å². The molecule has 1 aromatic heterocycles. The molecule has 0 radical (unpaired) electrons. The number of nitrogens with zero attached hydrogens (tertiary/aromatic N) is 3. The Morgan fingerprint density at radius 2 is 1.83 bits per heavy atom. The highest BCUT2D eigenvalue weighted by atomic mass is 16.4. The van der Waals surface area contributed by atoms with Gasteiger partial charge in [0.1, 0.15) is 5.76 Å². The minimum absolute atomic E-state index is 0.131. The van der Waals surface area contributed by atoms with Gasteiger partial charge in [-0.1, -0.05) is 39.0 Å². The topological polar surface area (TPSA) is 61.6 Å². The molecule has 2 fully saturated rings. The Kier molecular flexibility index (Phi) is 9.01. The first-order valence-corrected chi connectivity index (χ1v) is 13.7. The predicted molar refractivity (Wildman–Crippen MR) is 141 cm³/mol. The molecule has 192 valence electrons. The average molecular weight is 481 g/mol. The maximum absolute atomic E-state index is 12.7. The fraction of sp³-hybridized carbons (Fsp3) is 0.655. The quantitative estimate of drug-likeness (QED) is 0.517. The lowest BCUT2D eigenvalue weighted by atomic mass is 9.92. The van der Waals surface area contributed by atoms with E-state index in [0.29, 0.717) is 0 Å². The largest absolute Gasteiger partial charge is 0.441 e. The number of hydrogen-bond donors (Lipinski definition) is 1. The van der Waals surface area contributed by atoms with Crippen LogP contribution in [0.4, 0.5) is 0 Å². The van der Waals surface area contributed by atoms with E-state index in [4.69, 9.17) is 9.40 Å². The Balaban J connectivity index is 1.19. The summed E-state index contributed by atoms with van der Waals surface area (Å²) in [6, 6.07) is 8.33. The summed E-state index contributed by atoms with van der Waals surface area (Å²) in [4.78, 5) is 22.5. The summed E-state index contributed by atoms with van der Waals surface area (Å²) < 4.78 is 6.05. The fourth-order valence-electron chi connectivity index (χ4n) is 5.93. The Bertz CT molecular complexity index is 953. The summed E-state index contributed by atoms with van der Waals surface area (Å²) in [5.74, 6) is 3.56. The summed E-state index contributed by atoms with van der Waals surface area (Å²) in [5, 5.41) is 3.21. The van der Waals surface area contributed by atoms with Gasteiger partial charge in [-0.05, 0) is 82.1 Å². The molecule has 3 heterocycles. The Morgan fingerprint density at radius 3 is 2.54 bits per heavy atom. The van der Waals surface area contributed by atoms with Crippen molar-refractivity contribution in [3.05, 3.63) is 41.3 Å². The molecule has 0 saturated carbocycles. The number of carbonyl (C=O) groups excluding carboxylic acids is 1. The van der Waals surface area contributed by atoms with E-state index in [2.05, 4.69) is 54.1 Å². The van der Waals surface area contributed by atoms with Gasteiger partial charge in [0.05, 0.1) is 5.69 Å². The molecular formula is C29H44N4O2. The fourth-order valence-corrected chi connectivity index (χ4v) is 5.93. The van der Waals surface area contributed by atoms with Gasteiger partial charge in [-0.3, -0.25) is 9.69 Å². The zero-order valence-electron chi connectivity index (χ0n) is 22.2. The molecule has 4 rings (SSSR count). The van der Waals surface area contributed by atoms with Gasteiger partial charge in [0.2, 0.25) is 11.8 Å². The smallest absolute Gasteiger partial charge is 0.226 e. The van der Waals surface area contributed by atoms with Crippen LogP contribution < -0.4 is 5.32 Å². The van der Waals surface area contributed by atoms with Crippen LogP contribution in [0, 0.1) is 24.7 Å². The summed E-state index contributed by atoms with van der Waals surface area (Å²) in [6.45, 7) is 15.8. The molecule has 2 aliphatic heterocycles. The highest BCUT2D eigenvalue weighted by Gasteiger charge is 2.26.